The van der Waals surface area contributed by atoms with E-state index >= 15 is 0 Å². The fraction of sp³-hybridized carbons (Fsp3) is 0.364. The number of amides is 1. The SMILES string of the molecule is O=C(O)c1ccc(NC(=O)[C@@H](CNS(=O)(=O)c2ccc(Cl)cc2)COC2CCCCO2)cc1. The van der Waals surface area contributed by atoms with E-state index in [1.807, 2.05) is 0 Å². The molecule has 1 saturated heterocycles. The lowest BCUT2D eigenvalue weighted by Gasteiger charge is -2.25. The van der Waals surface area contributed by atoms with E-state index in [1.165, 1.54) is 48.5 Å². The number of aromatic carboxylic acids is 1. The molecule has 9 nitrogen and oxygen atoms in total. The number of sulfonamides is 1. The van der Waals surface area contributed by atoms with Crippen LogP contribution in [0.2, 0.25) is 5.02 Å². The van der Waals surface area contributed by atoms with E-state index in [0.717, 1.165) is 12.8 Å². The molecule has 1 unspecified atom stereocenters. The number of rotatable bonds is 10. The number of carboxylic acids is 1. The summed E-state index contributed by atoms with van der Waals surface area (Å²) >= 11 is 5.82. The van der Waals surface area contributed by atoms with E-state index in [1.54, 1.807) is 0 Å². The number of hydrogen-bond donors (Lipinski definition) is 3. The van der Waals surface area contributed by atoms with Gasteiger partial charge in [-0.05, 0) is 67.8 Å². The molecule has 178 valence electrons. The molecule has 3 N–H and O–H groups in total. The highest BCUT2D eigenvalue weighted by atomic mass is 35.5. The molecule has 1 heterocycles. The van der Waals surface area contributed by atoms with Crippen molar-refractivity contribution in [1.29, 1.82) is 0 Å². The molecule has 3 rings (SSSR count). The van der Waals surface area contributed by atoms with Crippen LogP contribution in [0.5, 0.6) is 0 Å². The molecule has 0 aromatic heterocycles. The summed E-state index contributed by atoms with van der Waals surface area (Å²) in [6.45, 7) is 0.296. The van der Waals surface area contributed by atoms with Crippen molar-refractivity contribution in [2.75, 3.05) is 25.1 Å². The molecular formula is C22H25ClN2O7S. The van der Waals surface area contributed by atoms with E-state index < -0.39 is 34.1 Å². The molecule has 0 aliphatic carbocycles. The van der Waals surface area contributed by atoms with Crippen LogP contribution in [0.1, 0.15) is 29.6 Å². The molecule has 2 aromatic rings. The molecule has 1 fully saturated rings. The standard InChI is InChI=1S/C22H25ClN2O7S/c23-17-6-10-19(11-7-17)33(29,30)24-13-16(14-32-20-3-1-2-12-31-20)21(26)25-18-8-4-15(5-9-18)22(27)28/h4-11,16,20,24H,1-3,12-14H2,(H,25,26)(H,27,28)/t16-,20?/m0/s1. The number of carboxylic acid groups (broad SMARTS) is 1. The summed E-state index contributed by atoms with van der Waals surface area (Å²) in [7, 11) is -3.88. The Morgan fingerprint density at radius 3 is 2.42 bits per heavy atom. The minimum absolute atomic E-state index is 0.0202. The topological polar surface area (TPSA) is 131 Å². The third kappa shape index (κ3) is 7.51. The largest absolute Gasteiger partial charge is 0.478 e. The number of anilines is 1. The molecule has 1 aliphatic rings. The quantitative estimate of drug-likeness (QED) is 0.460. The van der Waals surface area contributed by atoms with Gasteiger partial charge in [0, 0.05) is 23.9 Å². The molecule has 0 spiro atoms. The van der Waals surface area contributed by atoms with Crippen LogP contribution < -0.4 is 10.0 Å². The molecule has 2 aromatic carbocycles. The lowest BCUT2D eigenvalue weighted by molar-refractivity contribution is -0.170. The van der Waals surface area contributed by atoms with E-state index in [2.05, 4.69) is 10.0 Å². The summed E-state index contributed by atoms with van der Waals surface area (Å²) < 4.78 is 39.0. The van der Waals surface area contributed by atoms with E-state index in [9.17, 15) is 18.0 Å². The zero-order valence-electron chi connectivity index (χ0n) is 17.7. The van der Waals surface area contributed by atoms with Crippen molar-refractivity contribution in [3.63, 3.8) is 0 Å². The lowest BCUT2D eigenvalue weighted by Crippen LogP contribution is -2.39. The van der Waals surface area contributed by atoms with Gasteiger partial charge in [-0.25, -0.2) is 17.9 Å². The molecule has 33 heavy (non-hydrogen) atoms. The second-order valence-corrected chi connectivity index (χ2v) is 9.71. The van der Waals surface area contributed by atoms with Gasteiger partial charge >= 0.3 is 5.97 Å². The van der Waals surface area contributed by atoms with Crippen LogP contribution in [0.4, 0.5) is 5.69 Å². The molecular weight excluding hydrogens is 472 g/mol. The van der Waals surface area contributed by atoms with Crippen molar-refractivity contribution in [3.8, 4) is 0 Å². The zero-order valence-corrected chi connectivity index (χ0v) is 19.3. The summed E-state index contributed by atoms with van der Waals surface area (Å²) in [6.07, 6.45) is 2.14. The summed E-state index contributed by atoms with van der Waals surface area (Å²) in [5.74, 6) is -2.42. The van der Waals surface area contributed by atoms with Gasteiger partial charge in [-0.3, -0.25) is 4.79 Å². The first-order chi connectivity index (χ1) is 15.7. The van der Waals surface area contributed by atoms with Gasteiger partial charge < -0.3 is 19.9 Å². The maximum absolute atomic E-state index is 12.9. The van der Waals surface area contributed by atoms with Crippen molar-refractivity contribution < 1.29 is 32.6 Å². The second-order valence-electron chi connectivity index (χ2n) is 7.50. The zero-order chi connectivity index (χ0) is 23.8. The van der Waals surface area contributed by atoms with Crippen molar-refractivity contribution >= 4 is 39.2 Å². The first kappa shape index (κ1) is 25.1. The van der Waals surface area contributed by atoms with Gasteiger partial charge in [0.1, 0.15) is 0 Å². The second kappa shape index (κ2) is 11.6. The molecule has 1 aliphatic heterocycles. The van der Waals surface area contributed by atoms with Gasteiger partial charge in [0.05, 0.1) is 23.0 Å². The number of carbonyl (C=O) groups excluding carboxylic acids is 1. The number of halogens is 1. The Hall–Kier alpha value is -2.50. The first-order valence-corrected chi connectivity index (χ1v) is 12.2. The van der Waals surface area contributed by atoms with Crippen LogP contribution in [-0.4, -0.2) is 51.4 Å². The smallest absolute Gasteiger partial charge is 0.335 e. The minimum Gasteiger partial charge on any atom is -0.478 e. The van der Waals surface area contributed by atoms with Gasteiger partial charge in [0.25, 0.3) is 0 Å². The van der Waals surface area contributed by atoms with Gasteiger partial charge in [0.15, 0.2) is 6.29 Å². The van der Waals surface area contributed by atoms with Crippen LogP contribution in [-0.2, 0) is 24.3 Å². The van der Waals surface area contributed by atoms with E-state index in [-0.39, 0.29) is 23.6 Å². The Balaban J connectivity index is 1.68. The Bertz CT molecular complexity index is 1050. The Morgan fingerprint density at radius 2 is 1.82 bits per heavy atom. The van der Waals surface area contributed by atoms with Crippen molar-refractivity contribution in [1.82, 2.24) is 4.72 Å². The highest BCUT2D eigenvalue weighted by Gasteiger charge is 2.25. The average molecular weight is 497 g/mol. The first-order valence-electron chi connectivity index (χ1n) is 10.4. The predicted octanol–water partition coefficient (Wildman–Crippen LogP) is 3.11. The van der Waals surface area contributed by atoms with Crippen molar-refractivity contribution in [3.05, 3.63) is 59.1 Å². The summed E-state index contributed by atoms with van der Waals surface area (Å²) in [5, 5.41) is 12.1. The van der Waals surface area contributed by atoms with Gasteiger partial charge in [0.2, 0.25) is 15.9 Å². The Morgan fingerprint density at radius 1 is 1.12 bits per heavy atom. The van der Waals surface area contributed by atoms with Crippen molar-refractivity contribution in [2.24, 2.45) is 5.92 Å². The summed E-state index contributed by atoms with van der Waals surface area (Å²) in [4.78, 5) is 23.9. The average Bonchev–Trinajstić information content (AvgIpc) is 2.80. The van der Waals surface area contributed by atoms with Crippen LogP contribution in [0.15, 0.2) is 53.4 Å². The van der Waals surface area contributed by atoms with Gasteiger partial charge in [-0.2, -0.15) is 0 Å². The van der Waals surface area contributed by atoms with Crippen LogP contribution in [0, 0.1) is 5.92 Å². The van der Waals surface area contributed by atoms with Gasteiger partial charge in [-0.15, -0.1) is 0 Å². The number of benzene rings is 2. The Kier molecular flexibility index (Phi) is 8.81. The molecule has 11 heteroatoms. The fourth-order valence-corrected chi connectivity index (χ4v) is 4.35. The van der Waals surface area contributed by atoms with Crippen molar-refractivity contribution in [2.45, 2.75) is 30.4 Å². The Labute approximate surface area is 197 Å². The number of carbonyl (C=O) groups is 2. The number of ether oxygens (including phenoxy) is 2. The van der Waals surface area contributed by atoms with Gasteiger partial charge in [-0.1, -0.05) is 11.6 Å². The monoisotopic (exact) mass is 496 g/mol. The summed E-state index contributed by atoms with van der Waals surface area (Å²) in [5.41, 5.74) is 0.461. The number of hydrogen-bond acceptors (Lipinski definition) is 6. The molecule has 2 atom stereocenters. The third-order valence-corrected chi connectivity index (χ3v) is 6.73. The van der Waals surface area contributed by atoms with E-state index in [4.69, 9.17) is 26.2 Å². The summed E-state index contributed by atoms with van der Waals surface area (Å²) in [6, 6.07) is 11.3. The van der Waals surface area contributed by atoms with Crippen LogP contribution in [0.25, 0.3) is 0 Å². The highest BCUT2D eigenvalue weighted by Crippen LogP contribution is 2.18. The number of nitrogens with one attached hydrogen (secondary N) is 2. The maximum Gasteiger partial charge on any atom is 0.335 e. The predicted molar refractivity (Wildman–Crippen MR) is 122 cm³/mol. The molecule has 1 amide bonds. The molecule has 0 saturated carbocycles. The maximum atomic E-state index is 12.9. The fourth-order valence-electron chi connectivity index (χ4n) is 3.14. The van der Waals surface area contributed by atoms with E-state index in [0.29, 0.717) is 23.7 Å². The molecule has 0 bridgehead atoms. The third-order valence-electron chi connectivity index (χ3n) is 5.04. The van der Waals surface area contributed by atoms with Crippen LogP contribution in [0.3, 0.4) is 0 Å². The van der Waals surface area contributed by atoms with Crippen LogP contribution >= 0.6 is 11.6 Å². The minimum atomic E-state index is -3.88. The highest BCUT2D eigenvalue weighted by molar-refractivity contribution is 7.89. The molecule has 0 radical (unpaired) electrons. The lowest BCUT2D eigenvalue weighted by atomic mass is 10.1. The normalized spacial score (nSPS) is 17.3.